The molecular formula is C14H27NO3. The van der Waals surface area contributed by atoms with Gasteiger partial charge in [-0.25, -0.2) is 0 Å². The average molecular weight is 257 g/mol. The zero-order valence-corrected chi connectivity index (χ0v) is 11.7. The average Bonchev–Trinajstić information content (AvgIpc) is 2.34. The van der Waals surface area contributed by atoms with Crippen molar-refractivity contribution < 1.29 is 14.6 Å². The Balaban J connectivity index is 1.74. The normalized spacial score (nSPS) is 24.8. The van der Waals surface area contributed by atoms with E-state index in [4.69, 9.17) is 9.47 Å². The van der Waals surface area contributed by atoms with Gasteiger partial charge in [0.1, 0.15) is 0 Å². The van der Waals surface area contributed by atoms with Crippen LogP contribution in [0.3, 0.4) is 0 Å². The summed E-state index contributed by atoms with van der Waals surface area (Å²) in [5.41, 5.74) is 0.275. The summed E-state index contributed by atoms with van der Waals surface area (Å²) < 4.78 is 10.6. The molecule has 0 unspecified atom stereocenters. The summed E-state index contributed by atoms with van der Waals surface area (Å²) in [6, 6.07) is 0. The van der Waals surface area contributed by atoms with E-state index < -0.39 is 0 Å². The second-order valence-electron chi connectivity index (χ2n) is 6.63. The first kappa shape index (κ1) is 14.3. The Morgan fingerprint density at radius 3 is 2.39 bits per heavy atom. The molecule has 0 bridgehead atoms. The predicted molar refractivity (Wildman–Crippen MR) is 70.5 cm³/mol. The van der Waals surface area contributed by atoms with Crippen molar-refractivity contribution in [1.82, 2.24) is 5.32 Å². The molecule has 2 aliphatic rings. The quantitative estimate of drug-likeness (QED) is 0.746. The summed E-state index contributed by atoms with van der Waals surface area (Å²) in [5.74, 6) is 0.737. The summed E-state index contributed by atoms with van der Waals surface area (Å²) >= 11 is 0. The van der Waals surface area contributed by atoms with E-state index in [9.17, 15) is 5.11 Å². The van der Waals surface area contributed by atoms with E-state index in [0.29, 0.717) is 18.6 Å². The van der Waals surface area contributed by atoms with Crippen LogP contribution >= 0.6 is 0 Å². The van der Waals surface area contributed by atoms with E-state index in [2.05, 4.69) is 19.2 Å². The number of rotatable bonds is 6. The molecule has 0 amide bonds. The van der Waals surface area contributed by atoms with Crippen LogP contribution in [0.2, 0.25) is 0 Å². The smallest absolute Gasteiger partial charge is 0.0579 e. The second kappa shape index (κ2) is 5.87. The minimum absolute atomic E-state index is 0.0221. The highest BCUT2D eigenvalue weighted by Crippen LogP contribution is 2.34. The van der Waals surface area contributed by atoms with Gasteiger partial charge in [-0.2, -0.15) is 0 Å². The molecule has 4 nitrogen and oxygen atoms in total. The maximum atomic E-state index is 9.38. The van der Waals surface area contributed by atoms with Crippen LogP contribution in [-0.2, 0) is 9.47 Å². The Morgan fingerprint density at radius 1 is 1.22 bits per heavy atom. The first-order valence-electron chi connectivity index (χ1n) is 7.05. The Labute approximate surface area is 110 Å². The Kier molecular flexibility index (Phi) is 4.64. The maximum absolute atomic E-state index is 9.38. The van der Waals surface area contributed by atoms with Gasteiger partial charge in [-0.1, -0.05) is 13.8 Å². The molecule has 106 valence electrons. The van der Waals surface area contributed by atoms with Crippen molar-refractivity contribution >= 4 is 0 Å². The molecule has 0 atom stereocenters. The molecule has 2 aliphatic heterocycles. The summed E-state index contributed by atoms with van der Waals surface area (Å²) in [5, 5.41) is 12.9. The van der Waals surface area contributed by atoms with E-state index in [-0.39, 0.29) is 12.0 Å². The van der Waals surface area contributed by atoms with Gasteiger partial charge in [-0.15, -0.1) is 0 Å². The van der Waals surface area contributed by atoms with Crippen LogP contribution in [0.25, 0.3) is 0 Å². The lowest BCUT2D eigenvalue weighted by molar-refractivity contribution is -0.135. The highest BCUT2D eigenvalue weighted by atomic mass is 16.5. The van der Waals surface area contributed by atoms with Crippen LogP contribution in [0.4, 0.5) is 0 Å². The first-order valence-corrected chi connectivity index (χ1v) is 7.05. The van der Waals surface area contributed by atoms with Crippen molar-refractivity contribution in [2.75, 3.05) is 46.1 Å². The first-order chi connectivity index (χ1) is 8.58. The second-order valence-corrected chi connectivity index (χ2v) is 6.63. The number of hydrogen-bond acceptors (Lipinski definition) is 4. The number of ether oxygens (including phenoxy) is 2. The van der Waals surface area contributed by atoms with Crippen molar-refractivity contribution in [3.63, 3.8) is 0 Å². The van der Waals surface area contributed by atoms with Crippen LogP contribution in [0.15, 0.2) is 0 Å². The Bertz CT molecular complexity index is 252. The van der Waals surface area contributed by atoms with Gasteiger partial charge in [-0.3, -0.25) is 0 Å². The molecule has 0 aliphatic carbocycles. The van der Waals surface area contributed by atoms with Gasteiger partial charge in [0.15, 0.2) is 0 Å². The minimum Gasteiger partial charge on any atom is -0.396 e. The molecule has 4 heteroatoms. The fourth-order valence-electron chi connectivity index (χ4n) is 2.91. The van der Waals surface area contributed by atoms with Crippen LogP contribution in [-0.4, -0.2) is 51.2 Å². The number of aliphatic hydroxyl groups is 1. The standard InChI is InChI=1S/C14H27NO3/c1-13(2,12-3-5-17-6-4-12)7-15-8-14(9-16)10-18-11-14/h12,15-16H,3-11H2,1-2H3. The van der Waals surface area contributed by atoms with Crippen LogP contribution in [0.1, 0.15) is 26.7 Å². The van der Waals surface area contributed by atoms with Gasteiger partial charge in [0, 0.05) is 26.3 Å². The van der Waals surface area contributed by atoms with Crippen LogP contribution in [0.5, 0.6) is 0 Å². The lowest BCUT2D eigenvalue weighted by atomic mass is 9.74. The number of hydrogen-bond donors (Lipinski definition) is 2. The van der Waals surface area contributed by atoms with Gasteiger partial charge in [0.25, 0.3) is 0 Å². The summed E-state index contributed by atoms with van der Waals surface area (Å²) in [6.07, 6.45) is 2.34. The molecular weight excluding hydrogens is 230 g/mol. The molecule has 0 aromatic carbocycles. The van der Waals surface area contributed by atoms with Crippen LogP contribution < -0.4 is 5.32 Å². The van der Waals surface area contributed by atoms with E-state index in [1.165, 1.54) is 12.8 Å². The molecule has 0 saturated carbocycles. The Morgan fingerprint density at radius 2 is 1.89 bits per heavy atom. The summed E-state index contributed by atoms with van der Waals surface area (Å²) in [6.45, 7) is 9.93. The molecule has 2 fully saturated rings. The molecule has 2 heterocycles. The fourth-order valence-corrected chi connectivity index (χ4v) is 2.91. The molecule has 2 N–H and O–H groups in total. The van der Waals surface area contributed by atoms with Crippen molar-refractivity contribution in [2.24, 2.45) is 16.7 Å². The monoisotopic (exact) mass is 257 g/mol. The fraction of sp³-hybridized carbons (Fsp3) is 1.00. The summed E-state index contributed by atoms with van der Waals surface area (Å²) in [4.78, 5) is 0. The molecule has 0 radical (unpaired) electrons. The van der Waals surface area contributed by atoms with Crippen molar-refractivity contribution in [3.05, 3.63) is 0 Å². The van der Waals surface area contributed by atoms with Gasteiger partial charge in [0.05, 0.1) is 25.2 Å². The van der Waals surface area contributed by atoms with Gasteiger partial charge < -0.3 is 19.9 Å². The van der Waals surface area contributed by atoms with E-state index in [1.54, 1.807) is 0 Å². The number of nitrogens with one attached hydrogen (secondary N) is 1. The van der Waals surface area contributed by atoms with E-state index in [0.717, 1.165) is 32.2 Å². The molecule has 18 heavy (non-hydrogen) atoms. The van der Waals surface area contributed by atoms with E-state index >= 15 is 0 Å². The van der Waals surface area contributed by atoms with Gasteiger partial charge >= 0.3 is 0 Å². The van der Waals surface area contributed by atoms with Crippen molar-refractivity contribution in [2.45, 2.75) is 26.7 Å². The SMILES string of the molecule is CC(C)(CNCC1(CO)COC1)C1CCOCC1. The lowest BCUT2D eigenvalue weighted by Gasteiger charge is -2.42. The van der Waals surface area contributed by atoms with Gasteiger partial charge in [0.2, 0.25) is 0 Å². The zero-order valence-electron chi connectivity index (χ0n) is 11.7. The topological polar surface area (TPSA) is 50.7 Å². The third-order valence-corrected chi connectivity index (χ3v) is 4.56. The van der Waals surface area contributed by atoms with Crippen molar-refractivity contribution in [3.8, 4) is 0 Å². The van der Waals surface area contributed by atoms with E-state index in [1.807, 2.05) is 0 Å². The molecule has 2 rings (SSSR count). The third kappa shape index (κ3) is 3.23. The number of aliphatic hydroxyl groups excluding tert-OH is 1. The zero-order chi connectivity index (χ0) is 13.1. The highest BCUT2D eigenvalue weighted by molar-refractivity contribution is 4.89. The molecule has 0 aromatic rings. The van der Waals surface area contributed by atoms with Crippen molar-refractivity contribution in [1.29, 1.82) is 0 Å². The molecule has 0 spiro atoms. The maximum Gasteiger partial charge on any atom is 0.0579 e. The summed E-state index contributed by atoms with van der Waals surface area (Å²) in [7, 11) is 0. The molecule has 2 saturated heterocycles. The highest BCUT2D eigenvalue weighted by Gasteiger charge is 2.38. The lowest BCUT2D eigenvalue weighted by Crippen LogP contribution is -2.53. The minimum atomic E-state index is -0.0221. The largest absolute Gasteiger partial charge is 0.396 e. The predicted octanol–water partition coefficient (Wildman–Crippen LogP) is 1.04. The molecule has 0 aromatic heterocycles. The Hall–Kier alpha value is -0.160. The third-order valence-electron chi connectivity index (χ3n) is 4.56. The van der Waals surface area contributed by atoms with Crippen LogP contribution in [0, 0.1) is 16.7 Å². The van der Waals surface area contributed by atoms with Gasteiger partial charge in [-0.05, 0) is 24.2 Å².